The Kier molecular flexibility index (Phi) is 3.63. The summed E-state index contributed by atoms with van der Waals surface area (Å²) in [7, 11) is 0. The molecule has 1 aromatic heterocycles. The van der Waals surface area contributed by atoms with Gasteiger partial charge >= 0.3 is 6.09 Å². The van der Waals surface area contributed by atoms with Gasteiger partial charge in [-0.05, 0) is 51.8 Å². The normalized spacial score (nSPS) is 18.9. The minimum atomic E-state index is -0.437. The van der Waals surface area contributed by atoms with E-state index < -0.39 is 5.60 Å². The van der Waals surface area contributed by atoms with E-state index in [-0.39, 0.29) is 6.09 Å². The molecular formula is C18H24N2O2. The average molecular weight is 300 g/mol. The molecule has 1 aliphatic rings. The fourth-order valence-corrected chi connectivity index (χ4v) is 3.10. The molecule has 1 saturated heterocycles. The molecule has 0 spiro atoms. The molecule has 1 atom stereocenters. The van der Waals surface area contributed by atoms with E-state index in [1.165, 1.54) is 16.5 Å². The maximum absolute atomic E-state index is 12.2. The van der Waals surface area contributed by atoms with Crippen LogP contribution in [-0.2, 0) is 4.74 Å². The molecule has 1 aliphatic heterocycles. The van der Waals surface area contributed by atoms with E-state index >= 15 is 0 Å². The first kappa shape index (κ1) is 14.9. The Morgan fingerprint density at radius 3 is 2.86 bits per heavy atom. The Morgan fingerprint density at radius 2 is 2.14 bits per heavy atom. The first-order valence-corrected chi connectivity index (χ1v) is 7.89. The van der Waals surface area contributed by atoms with Crippen LogP contribution >= 0.6 is 0 Å². The smallest absolute Gasteiger partial charge is 0.410 e. The van der Waals surface area contributed by atoms with Gasteiger partial charge < -0.3 is 14.6 Å². The molecule has 22 heavy (non-hydrogen) atoms. The largest absolute Gasteiger partial charge is 0.444 e. The minimum absolute atomic E-state index is 0.203. The molecule has 0 bridgehead atoms. The van der Waals surface area contributed by atoms with Crippen LogP contribution in [0.25, 0.3) is 10.9 Å². The number of hydrogen-bond donors (Lipinski definition) is 1. The van der Waals surface area contributed by atoms with Crippen molar-refractivity contribution in [3.05, 3.63) is 35.5 Å². The topological polar surface area (TPSA) is 45.3 Å². The van der Waals surface area contributed by atoms with E-state index in [0.29, 0.717) is 5.92 Å². The molecule has 118 valence electrons. The number of nitrogens with zero attached hydrogens (tertiary/aromatic N) is 1. The van der Waals surface area contributed by atoms with Crippen molar-refractivity contribution in [3.63, 3.8) is 0 Å². The van der Waals surface area contributed by atoms with Crippen LogP contribution in [0.2, 0.25) is 0 Å². The Bertz CT molecular complexity index is 697. The lowest BCUT2D eigenvalue weighted by Crippen LogP contribution is -2.35. The number of aromatic nitrogens is 1. The number of fused-ring (bicyclic) bond motifs is 1. The van der Waals surface area contributed by atoms with Crippen LogP contribution in [0.5, 0.6) is 0 Å². The van der Waals surface area contributed by atoms with E-state index in [9.17, 15) is 4.79 Å². The van der Waals surface area contributed by atoms with Crippen molar-refractivity contribution in [2.45, 2.75) is 45.6 Å². The monoisotopic (exact) mass is 300 g/mol. The van der Waals surface area contributed by atoms with Crippen molar-refractivity contribution in [2.75, 3.05) is 13.1 Å². The fourth-order valence-electron chi connectivity index (χ4n) is 3.10. The summed E-state index contributed by atoms with van der Waals surface area (Å²) < 4.78 is 5.47. The molecule has 2 aromatic rings. The number of rotatable bonds is 1. The number of amides is 1. The summed E-state index contributed by atoms with van der Waals surface area (Å²) in [6.45, 7) is 9.31. The zero-order chi connectivity index (χ0) is 15.9. The lowest BCUT2D eigenvalue weighted by Gasteiger charge is -2.24. The van der Waals surface area contributed by atoms with Crippen LogP contribution < -0.4 is 0 Å². The third-order valence-electron chi connectivity index (χ3n) is 4.15. The lowest BCUT2D eigenvalue weighted by molar-refractivity contribution is 0.0292. The highest BCUT2D eigenvalue weighted by Crippen LogP contribution is 2.33. The SMILES string of the molecule is Cc1ccc2[nH]cc(C3CCN(C(=O)OC(C)(C)C)C3)c2c1. The number of carbonyl (C=O) groups excluding carboxylic acids is 1. The molecule has 4 nitrogen and oxygen atoms in total. The second-order valence-corrected chi connectivity index (χ2v) is 7.21. The fraction of sp³-hybridized carbons (Fsp3) is 0.500. The van der Waals surface area contributed by atoms with Crippen LogP contribution in [0.1, 0.15) is 44.2 Å². The van der Waals surface area contributed by atoms with Gasteiger partial charge in [0.15, 0.2) is 0 Å². The van der Waals surface area contributed by atoms with E-state index in [2.05, 4.69) is 36.3 Å². The van der Waals surface area contributed by atoms with E-state index in [1.54, 1.807) is 0 Å². The van der Waals surface area contributed by atoms with Crippen molar-refractivity contribution in [1.82, 2.24) is 9.88 Å². The Balaban J connectivity index is 1.77. The number of aryl methyl sites for hydroxylation is 1. The molecule has 1 fully saturated rings. The number of ether oxygens (including phenoxy) is 1. The number of aromatic amines is 1. The van der Waals surface area contributed by atoms with Crippen molar-refractivity contribution >= 4 is 17.0 Å². The summed E-state index contributed by atoms with van der Waals surface area (Å²) in [6, 6.07) is 6.45. The van der Waals surface area contributed by atoms with Gasteiger partial charge in [-0.25, -0.2) is 4.79 Å². The quantitative estimate of drug-likeness (QED) is 0.858. The van der Waals surface area contributed by atoms with Crippen LogP contribution in [-0.4, -0.2) is 34.7 Å². The van der Waals surface area contributed by atoms with Gasteiger partial charge in [-0.2, -0.15) is 0 Å². The first-order valence-electron chi connectivity index (χ1n) is 7.89. The molecule has 1 N–H and O–H groups in total. The molecule has 1 aromatic carbocycles. The van der Waals surface area contributed by atoms with Crippen LogP contribution in [0.4, 0.5) is 4.79 Å². The van der Waals surface area contributed by atoms with Gasteiger partial charge in [-0.1, -0.05) is 11.6 Å². The molecule has 0 radical (unpaired) electrons. The molecule has 3 rings (SSSR count). The van der Waals surface area contributed by atoms with Crippen molar-refractivity contribution in [2.24, 2.45) is 0 Å². The number of benzene rings is 1. The molecule has 0 aliphatic carbocycles. The number of nitrogens with one attached hydrogen (secondary N) is 1. The predicted octanol–water partition coefficient (Wildman–Crippen LogP) is 4.20. The highest BCUT2D eigenvalue weighted by Gasteiger charge is 2.31. The van der Waals surface area contributed by atoms with Gasteiger partial charge in [0, 0.05) is 36.1 Å². The predicted molar refractivity (Wildman–Crippen MR) is 88.2 cm³/mol. The van der Waals surface area contributed by atoms with Crippen molar-refractivity contribution < 1.29 is 9.53 Å². The Hall–Kier alpha value is -1.97. The maximum atomic E-state index is 12.2. The third-order valence-corrected chi connectivity index (χ3v) is 4.15. The molecule has 0 saturated carbocycles. The number of H-pyrrole nitrogens is 1. The van der Waals surface area contributed by atoms with E-state index in [1.807, 2.05) is 25.7 Å². The van der Waals surface area contributed by atoms with E-state index in [4.69, 9.17) is 4.74 Å². The molecule has 2 heterocycles. The highest BCUT2D eigenvalue weighted by atomic mass is 16.6. The van der Waals surface area contributed by atoms with Gasteiger partial charge in [0.25, 0.3) is 0 Å². The Labute approximate surface area is 131 Å². The zero-order valence-electron chi connectivity index (χ0n) is 13.8. The minimum Gasteiger partial charge on any atom is -0.444 e. The van der Waals surface area contributed by atoms with E-state index in [0.717, 1.165) is 25.0 Å². The standard InChI is InChI=1S/C18H24N2O2/c1-12-5-6-16-14(9-12)15(10-19-16)13-7-8-20(11-13)17(21)22-18(2,3)4/h5-6,9-10,13,19H,7-8,11H2,1-4H3. The van der Waals surface area contributed by atoms with Crippen molar-refractivity contribution in [1.29, 1.82) is 0 Å². The average Bonchev–Trinajstić information content (AvgIpc) is 3.01. The lowest BCUT2D eigenvalue weighted by atomic mass is 9.97. The second kappa shape index (κ2) is 5.34. The summed E-state index contributed by atoms with van der Waals surface area (Å²) in [4.78, 5) is 17.4. The van der Waals surface area contributed by atoms with Gasteiger partial charge in [-0.3, -0.25) is 0 Å². The van der Waals surface area contributed by atoms with Crippen LogP contribution in [0, 0.1) is 6.92 Å². The maximum Gasteiger partial charge on any atom is 0.410 e. The number of likely N-dealkylation sites (tertiary alicyclic amines) is 1. The Morgan fingerprint density at radius 1 is 1.36 bits per heavy atom. The highest BCUT2D eigenvalue weighted by molar-refractivity contribution is 5.84. The van der Waals surface area contributed by atoms with Gasteiger partial charge in [0.1, 0.15) is 5.60 Å². The number of carbonyl (C=O) groups is 1. The van der Waals surface area contributed by atoms with Gasteiger partial charge in [-0.15, -0.1) is 0 Å². The summed E-state index contributed by atoms with van der Waals surface area (Å²) in [5.74, 6) is 0.378. The molecule has 1 amide bonds. The third kappa shape index (κ3) is 2.96. The molecule has 1 unspecified atom stereocenters. The van der Waals surface area contributed by atoms with Gasteiger partial charge in [0.05, 0.1) is 0 Å². The number of hydrogen-bond acceptors (Lipinski definition) is 2. The molecule has 4 heteroatoms. The molecular weight excluding hydrogens is 276 g/mol. The zero-order valence-corrected chi connectivity index (χ0v) is 13.8. The van der Waals surface area contributed by atoms with Crippen LogP contribution in [0.3, 0.4) is 0 Å². The van der Waals surface area contributed by atoms with Gasteiger partial charge in [0.2, 0.25) is 0 Å². The summed E-state index contributed by atoms with van der Waals surface area (Å²) in [5.41, 5.74) is 3.30. The van der Waals surface area contributed by atoms with Crippen molar-refractivity contribution in [3.8, 4) is 0 Å². The summed E-state index contributed by atoms with van der Waals surface area (Å²) in [6.07, 6.45) is 2.87. The first-order chi connectivity index (χ1) is 10.3. The second-order valence-electron chi connectivity index (χ2n) is 7.21. The van der Waals surface area contributed by atoms with Crippen LogP contribution in [0.15, 0.2) is 24.4 Å². The summed E-state index contributed by atoms with van der Waals surface area (Å²) >= 11 is 0. The summed E-state index contributed by atoms with van der Waals surface area (Å²) in [5, 5.41) is 1.27.